The molecule has 3 aromatic rings. The molecular weight excluding hydrogens is 336 g/mol. The van der Waals surface area contributed by atoms with E-state index in [4.69, 9.17) is 0 Å². The summed E-state index contributed by atoms with van der Waals surface area (Å²) >= 11 is 1.09. The van der Waals surface area contributed by atoms with Gasteiger partial charge in [0.15, 0.2) is 0 Å². The predicted octanol–water partition coefficient (Wildman–Crippen LogP) is 2.75. The number of hydrogen-bond acceptors (Lipinski definition) is 5. The zero-order chi connectivity index (χ0) is 17.3. The number of thioether (sulfide) groups is 1. The van der Waals surface area contributed by atoms with E-state index in [0.29, 0.717) is 10.9 Å². The van der Waals surface area contributed by atoms with Gasteiger partial charge in [-0.1, -0.05) is 11.8 Å². The molecule has 0 saturated carbocycles. The van der Waals surface area contributed by atoms with Crippen LogP contribution in [-0.2, 0) is 4.79 Å². The van der Waals surface area contributed by atoms with Crippen molar-refractivity contribution in [1.29, 1.82) is 0 Å². The Hall–Kier alpha value is -2.55. The summed E-state index contributed by atoms with van der Waals surface area (Å²) in [5.41, 5.74) is 1.50. The number of benzene rings is 1. The van der Waals surface area contributed by atoms with Crippen molar-refractivity contribution < 1.29 is 13.6 Å². The molecular formula is C15H13F2N5OS. The quantitative estimate of drug-likeness (QED) is 0.733. The van der Waals surface area contributed by atoms with E-state index in [2.05, 4.69) is 20.4 Å². The lowest BCUT2D eigenvalue weighted by Crippen LogP contribution is -2.15. The number of hydrogen-bond donors (Lipinski definition) is 1. The van der Waals surface area contributed by atoms with Gasteiger partial charge in [-0.15, -0.1) is 5.10 Å². The third kappa shape index (κ3) is 3.51. The molecule has 1 aromatic carbocycles. The molecule has 2 aromatic heterocycles. The normalized spacial score (nSPS) is 11.0. The third-order valence-corrected chi connectivity index (χ3v) is 3.97. The second kappa shape index (κ2) is 6.52. The van der Waals surface area contributed by atoms with Gasteiger partial charge in [-0.25, -0.2) is 18.3 Å². The first-order valence-corrected chi connectivity index (χ1v) is 7.99. The summed E-state index contributed by atoms with van der Waals surface area (Å²) in [6, 6.07) is 4.74. The van der Waals surface area contributed by atoms with Gasteiger partial charge in [0, 0.05) is 17.5 Å². The molecule has 0 spiro atoms. The molecule has 124 valence electrons. The Morgan fingerprint density at radius 3 is 2.83 bits per heavy atom. The van der Waals surface area contributed by atoms with E-state index < -0.39 is 17.5 Å². The Labute approximate surface area is 140 Å². The molecule has 24 heavy (non-hydrogen) atoms. The van der Waals surface area contributed by atoms with Crippen LogP contribution in [0.1, 0.15) is 11.4 Å². The standard InChI is InChI=1S/C15H13F2N5OS/c1-8-5-9(2)22-14(18-8)20-15(21-22)24-7-13(23)19-12-6-10(16)3-4-11(12)17/h3-6H,7H2,1-2H3,(H,19,23). The summed E-state index contributed by atoms with van der Waals surface area (Å²) in [5.74, 6) is -1.39. The first-order chi connectivity index (χ1) is 11.4. The zero-order valence-electron chi connectivity index (χ0n) is 12.9. The minimum Gasteiger partial charge on any atom is -0.323 e. The van der Waals surface area contributed by atoms with Crippen molar-refractivity contribution in [3.63, 3.8) is 0 Å². The van der Waals surface area contributed by atoms with Crippen LogP contribution in [0.4, 0.5) is 14.5 Å². The van der Waals surface area contributed by atoms with Gasteiger partial charge >= 0.3 is 0 Å². The summed E-state index contributed by atoms with van der Waals surface area (Å²) in [4.78, 5) is 20.4. The van der Waals surface area contributed by atoms with E-state index >= 15 is 0 Å². The molecule has 0 unspecified atom stereocenters. The lowest BCUT2D eigenvalue weighted by Gasteiger charge is -2.05. The van der Waals surface area contributed by atoms with Gasteiger partial charge in [-0.3, -0.25) is 4.79 Å². The Kier molecular flexibility index (Phi) is 4.43. The van der Waals surface area contributed by atoms with Gasteiger partial charge in [0.25, 0.3) is 5.78 Å². The lowest BCUT2D eigenvalue weighted by atomic mass is 10.3. The fourth-order valence-corrected chi connectivity index (χ4v) is 2.74. The van der Waals surface area contributed by atoms with Gasteiger partial charge < -0.3 is 5.32 Å². The highest BCUT2D eigenvalue weighted by molar-refractivity contribution is 7.99. The monoisotopic (exact) mass is 349 g/mol. The van der Waals surface area contributed by atoms with E-state index in [1.165, 1.54) is 0 Å². The number of carbonyl (C=O) groups is 1. The van der Waals surface area contributed by atoms with Crippen molar-refractivity contribution in [3.05, 3.63) is 47.3 Å². The predicted molar refractivity (Wildman–Crippen MR) is 86.0 cm³/mol. The van der Waals surface area contributed by atoms with Crippen LogP contribution in [0.15, 0.2) is 29.4 Å². The molecule has 0 fully saturated rings. The summed E-state index contributed by atoms with van der Waals surface area (Å²) in [7, 11) is 0. The lowest BCUT2D eigenvalue weighted by molar-refractivity contribution is -0.113. The highest BCUT2D eigenvalue weighted by atomic mass is 32.2. The first-order valence-electron chi connectivity index (χ1n) is 7.01. The number of fused-ring (bicyclic) bond motifs is 1. The van der Waals surface area contributed by atoms with Crippen LogP contribution in [0.25, 0.3) is 5.78 Å². The minimum absolute atomic E-state index is 0.0368. The zero-order valence-corrected chi connectivity index (χ0v) is 13.7. The molecule has 0 bridgehead atoms. The molecule has 0 atom stereocenters. The largest absolute Gasteiger partial charge is 0.323 e. The van der Waals surface area contributed by atoms with Crippen molar-refractivity contribution in [1.82, 2.24) is 19.6 Å². The number of anilines is 1. The Morgan fingerprint density at radius 1 is 1.25 bits per heavy atom. The van der Waals surface area contributed by atoms with Crippen LogP contribution in [-0.4, -0.2) is 31.2 Å². The van der Waals surface area contributed by atoms with Crippen LogP contribution >= 0.6 is 11.8 Å². The van der Waals surface area contributed by atoms with E-state index in [-0.39, 0.29) is 11.4 Å². The summed E-state index contributed by atoms with van der Waals surface area (Å²) in [6.07, 6.45) is 0. The van der Waals surface area contributed by atoms with Crippen LogP contribution in [0, 0.1) is 25.5 Å². The molecule has 6 nitrogen and oxygen atoms in total. The number of nitrogens with one attached hydrogen (secondary N) is 1. The van der Waals surface area contributed by atoms with Gasteiger partial charge in [0.05, 0.1) is 11.4 Å². The van der Waals surface area contributed by atoms with Crippen LogP contribution in [0.3, 0.4) is 0 Å². The molecule has 0 radical (unpaired) electrons. The van der Waals surface area contributed by atoms with Gasteiger partial charge in [0.2, 0.25) is 11.1 Å². The molecule has 0 aliphatic heterocycles. The number of halogens is 2. The Bertz CT molecular complexity index is 928. The number of aromatic nitrogens is 4. The van der Waals surface area contributed by atoms with Crippen molar-refractivity contribution in [2.24, 2.45) is 0 Å². The number of nitrogens with zero attached hydrogens (tertiary/aromatic N) is 4. The molecule has 3 rings (SSSR count). The minimum atomic E-state index is -0.698. The number of carbonyl (C=O) groups excluding carboxylic acids is 1. The van der Waals surface area contributed by atoms with Crippen LogP contribution in [0.2, 0.25) is 0 Å². The Morgan fingerprint density at radius 2 is 2.04 bits per heavy atom. The fourth-order valence-electron chi connectivity index (χ4n) is 2.12. The fraction of sp³-hybridized carbons (Fsp3) is 0.200. The maximum absolute atomic E-state index is 13.5. The Balaban J connectivity index is 1.68. The number of aryl methyl sites for hydroxylation is 2. The smallest absolute Gasteiger partial charge is 0.253 e. The molecule has 1 amide bonds. The molecule has 0 saturated heterocycles. The van der Waals surface area contributed by atoms with E-state index in [0.717, 1.165) is 41.3 Å². The number of rotatable bonds is 4. The second-order valence-corrected chi connectivity index (χ2v) is 6.05. The SMILES string of the molecule is Cc1cc(C)n2nc(SCC(=O)Nc3cc(F)ccc3F)nc2n1. The first kappa shape index (κ1) is 16.3. The van der Waals surface area contributed by atoms with E-state index in [1.807, 2.05) is 19.9 Å². The van der Waals surface area contributed by atoms with Crippen LogP contribution < -0.4 is 5.32 Å². The van der Waals surface area contributed by atoms with Crippen molar-refractivity contribution in [3.8, 4) is 0 Å². The maximum Gasteiger partial charge on any atom is 0.253 e. The van der Waals surface area contributed by atoms with Gasteiger partial charge in [0.1, 0.15) is 11.6 Å². The highest BCUT2D eigenvalue weighted by Gasteiger charge is 2.12. The van der Waals surface area contributed by atoms with Crippen molar-refractivity contribution in [2.45, 2.75) is 19.0 Å². The maximum atomic E-state index is 13.5. The topological polar surface area (TPSA) is 72.2 Å². The molecule has 0 aliphatic rings. The third-order valence-electron chi connectivity index (χ3n) is 3.13. The highest BCUT2D eigenvalue weighted by Crippen LogP contribution is 2.18. The summed E-state index contributed by atoms with van der Waals surface area (Å²) < 4.78 is 28.2. The van der Waals surface area contributed by atoms with Gasteiger partial charge in [-0.05, 0) is 32.0 Å². The summed E-state index contributed by atoms with van der Waals surface area (Å²) in [5, 5.41) is 6.96. The van der Waals surface area contributed by atoms with E-state index in [1.54, 1.807) is 4.52 Å². The molecule has 9 heteroatoms. The molecule has 2 heterocycles. The second-order valence-electron chi connectivity index (χ2n) is 5.11. The van der Waals surface area contributed by atoms with Crippen LogP contribution in [0.5, 0.6) is 0 Å². The van der Waals surface area contributed by atoms with E-state index in [9.17, 15) is 13.6 Å². The van der Waals surface area contributed by atoms with Gasteiger partial charge in [-0.2, -0.15) is 4.98 Å². The molecule has 1 N–H and O–H groups in total. The average Bonchev–Trinajstić information content (AvgIpc) is 2.92. The summed E-state index contributed by atoms with van der Waals surface area (Å²) in [6.45, 7) is 3.74. The van der Waals surface area contributed by atoms with Crippen molar-refractivity contribution in [2.75, 3.05) is 11.1 Å². The molecule has 0 aliphatic carbocycles. The van der Waals surface area contributed by atoms with Crippen molar-refractivity contribution >= 4 is 29.1 Å². The number of amides is 1. The average molecular weight is 349 g/mol.